The molecule has 3 aromatic rings. The van der Waals surface area contributed by atoms with E-state index in [1.165, 1.54) is 0 Å². The Balaban J connectivity index is 1.90. The molecule has 0 atom stereocenters. The van der Waals surface area contributed by atoms with E-state index in [0.29, 0.717) is 17.3 Å². The number of nitrogens with zero attached hydrogens (tertiary/aromatic N) is 1. The fraction of sp³-hybridized carbons (Fsp3) is 0. The second kappa shape index (κ2) is 4.93. The van der Waals surface area contributed by atoms with E-state index in [0.717, 1.165) is 11.5 Å². The fourth-order valence-electron chi connectivity index (χ4n) is 1.91. The largest absolute Gasteiger partial charge is 0.322 e. The molecule has 0 aliphatic rings. The number of carbonyl (C=O) groups excluding carboxylic acids is 1. The van der Waals surface area contributed by atoms with Gasteiger partial charge in [0.2, 0.25) is 0 Å². The third-order valence-electron chi connectivity index (χ3n) is 2.98. The Labute approximate surface area is 116 Å². The molecule has 0 fully saturated rings. The Morgan fingerprint density at radius 2 is 1.90 bits per heavy atom. The molecule has 0 saturated carbocycles. The van der Waals surface area contributed by atoms with Crippen LogP contribution in [0, 0.1) is 17.5 Å². The topological polar surface area (TPSA) is 57.8 Å². The van der Waals surface area contributed by atoms with Crippen molar-refractivity contribution in [2.45, 2.75) is 0 Å². The summed E-state index contributed by atoms with van der Waals surface area (Å²) in [4.78, 5) is 11.9. The predicted octanol–water partition coefficient (Wildman–Crippen LogP) is 3.23. The van der Waals surface area contributed by atoms with Gasteiger partial charge in [0.1, 0.15) is 0 Å². The van der Waals surface area contributed by atoms with Gasteiger partial charge in [-0.15, -0.1) is 0 Å². The van der Waals surface area contributed by atoms with Gasteiger partial charge in [-0.05, 0) is 30.3 Å². The standard InChI is InChI=1S/C14H8F3N3O/c15-10-4-3-9(12(16)13(10)17)14(21)19-8-2-1-7-6-18-20-11(7)5-8/h1-6H,(H,18,20)(H,19,21). The lowest BCUT2D eigenvalue weighted by molar-refractivity contribution is 0.102. The van der Waals surface area contributed by atoms with Crippen LogP contribution in [-0.2, 0) is 0 Å². The Bertz CT molecular complexity index is 845. The molecular weight excluding hydrogens is 283 g/mol. The lowest BCUT2D eigenvalue weighted by Crippen LogP contribution is -2.15. The number of amides is 1. The molecule has 1 aromatic heterocycles. The molecule has 106 valence electrons. The Kier molecular flexibility index (Phi) is 3.09. The lowest BCUT2D eigenvalue weighted by atomic mass is 10.1. The van der Waals surface area contributed by atoms with Gasteiger partial charge in [-0.1, -0.05) is 0 Å². The highest BCUT2D eigenvalue weighted by Crippen LogP contribution is 2.19. The Morgan fingerprint density at radius 1 is 1.10 bits per heavy atom. The van der Waals surface area contributed by atoms with Crippen LogP contribution in [0.2, 0.25) is 0 Å². The van der Waals surface area contributed by atoms with Crippen molar-refractivity contribution in [3.63, 3.8) is 0 Å². The molecule has 1 heterocycles. The van der Waals surface area contributed by atoms with E-state index in [9.17, 15) is 18.0 Å². The van der Waals surface area contributed by atoms with Gasteiger partial charge in [-0.3, -0.25) is 9.89 Å². The number of rotatable bonds is 2. The van der Waals surface area contributed by atoms with Crippen molar-refractivity contribution in [3.8, 4) is 0 Å². The fourth-order valence-corrected chi connectivity index (χ4v) is 1.91. The van der Waals surface area contributed by atoms with E-state index >= 15 is 0 Å². The predicted molar refractivity (Wildman–Crippen MR) is 70.4 cm³/mol. The van der Waals surface area contributed by atoms with Crippen LogP contribution in [0.5, 0.6) is 0 Å². The summed E-state index contributed by atoms with van der Waals surface area (Å²) in [7, 11) is 0. The average Bonchev–Trinajstić information content (AvgIpc) is 2.92. The summed E-state index contributed by atoms with van der Waals surface area (Å²) in [5, 5.41) is 9.79. The maximum atomic E-state index is 13.5. The first kappa shape index (κ1) is 13.2. The molecule has 0 spiro atoms. The van der Waals surface area contributed by atoms with Gasteiger partial charge in [-0.2, -0.15) is 5.10 Å². The number of nitrogens with one attached hydrogen (secondary N) is 2. The zero-order chi connectivity index (χ0) is 15.0. The zero-order valence-electron chi connectivity index (χ0n) is 10.5. The van der Waals surface area contributed by atoms with Crippen molar-refractivity contribution in [1.82, 2.24) is 10.2 Å². The molecule has 7 heteroatoms. The summed E-state index contributed by atoms with van der Waals surface area (Å²) in [6, 6.07) is 6.48. The van der Waals surface area contributed by atoms with Gasteiger partial charge in [-0.25, -0.2) is 13.2 Å². The molecule has 4 nitrogen and oxygen atoms in total. The molecule has 1 amide bonds. The molecule has 2 N–H and O–H groups in total. The first-order chi connectivity index (χ1) is 10.1. The van der Waals surface area contributed by atoms with E-state index in [4.69, 9.17) is 0 Å². The number of H-pyrrole nitrogens is 1. The van der Waals surface area contributed by atoms with Gasteiger partial charge in [0.15, 0.2) is 17.5 Å². The minimum Gasteiger partial charge on any atom is -0.322 e. The van der Waals surface area contributed by atoms with Crippen LogP contribution in [0.4, 0.5) is 18.9 Å². The first-order valence-electron chi connectivity index (χ1n) is 5.94. The van der Waals surface area contributed by atoms with Crippen LogP contribution in [-0.4, -0.2) is 16.1 Å². The quantitative estimate of drug-likeness (QED) is 0.712. The van der Waals surface area contributed by atoms with Crippen LogP contribution in [0.15, 0.2) is 36.5 Å². The van der Waals surface area contributed by atoms with Gasteiger partial charge < -0.3 is 5.32 Å². The van der Waals surface area contributed by atoms with Gasteiger partial charge in [0.05, 0.1) is 17.3 Å². The molecule has 0 aliphatic heterocycles. The highest BCUT2D eigenvalue weighted by atomic mass is 19.2. The van der Waals surface area contributed by atoms with Crippen molar-refractivity contribution in [2.75, 3.05) is 5.32 Å². The zero-order valence-corrected chi connectivity index (χ0v) is 10.5. The SMILES string of the molecule is O=C(Nc1ccc2cn[nH]c2c1)c1ccc(F)c(F)c1F. The third kappa shape index (κ3) is 2.33. The van der Waals surface area contributed by atoms with E-state index in [-0.39, 0.29) is 0 Å². The van der Waals surface area contributed by atoms with Gasteiger partial charge in [0.25, 0.3) is 5.91 Å². The average molecular weight is 291 g/mol. The van der Waals surface area contributed by atoms with Crippen LogP contribution in [0.3, 0.4) is 0 Å². The van der Waals surface area contributed by atoms with Crippen molar-refractivity contribution in [2.24, 2.45) is 0 Å². The van der Waals surface area contributed by atoms with E-state index < -0.39 is 28.9 Å². The minimum absolute atomic E-state index is 0.376. The molecule has 0 unspecified atom stereocenters. The summed E-state index contributed by atoms with van der Waals surface area (Å²) >= 11 is 0. The molecule has 0 aliphatic carbocycles. The number of fused-ring (bicyclic) bond motifs is 1. The maximum absolute atomic E-state index is 13.5. The molecule has 0 bridgehead atoms. The van der Waals surface area contributed by atoms with E-state index in [1.807, 2.05) is 0 Å². The number of hydrogen-bond acceptors (Lipinski definition) is 2. The number of anilines is 1. The van der Waals surface area contributed by atoms with Crippen LogP contribution >= 0.6 is 0 Å². The molecule has 3 rings (SSSR count). The van der Waals surface area contributed by atoms with Gasteiger partial charge in [0, 0.05) is 11.1 Å². The first-order valence-corrected chi connectivity index (χ1v) is 5.94. The van der Waals surface area contributed by atoms with Crippen LogP contribution in [0.25, 0.3) is 10.9 Å². The summed E-state index contributed by atoms with van der Waals surface area (Å²) in [6.45, 7) is 0. The number of hydrogen-bond donors (Lipinski definition) is 2. The summed E-state index contributed by atoms with van der Waals surface area (Å²) < 4.78 is 39.5. The molecule has 0 saturated heterocycles. The monoisotopic (exact) mass is 291 g/mol. The highest BCUT2D eigenvalue weighted by molar-refractivity contribution is 6.05. The Hall–Kier alpha value is -2.83. The van der Waals surface area contributed by atoms with Crippen LogP contribution < -0.4 is 5.32 Å². The van der Waals surface area contributed by atoms with Crippen molar-refractivity contribution >= 4 is 22.5 Å². The van der Waals surface area contributed by atoms with Crippen LogP contribution in [0.1, 0.15) is 10.4 Å². The highest BCUT2D eigenvalue weighted by Gasteiger charge is 2.18. The number of aromatic nitrogens is 2. The number of halogens is 3. The molecule has 21 heavy (non-hydrogen) atoms. The van der Waals surface area contributed by atoms with E-state index in [1.54, 1.807) is 24.4 Å². The second-order valence-electron chi connectivity index (χ2n) is 4.35. The number of aromatic amines is 1. The minimum atomic E-state index is -1.67. The third-order valence-corrected chi connectivity index (χ3v) is 2.98. The molecular formula is C14H8F3N3O. The van der Waals surface area contributed by atoms with Crippen molar-refractivity contribution in [1.29, 1.82) is 0 Å². The number of benzene rings is 2. The van der Waals surface area contributed by atoms with Crippen molar-refractivity contribution < 1.29 is 18.0 Å². The summed E-state index contributed by atoms with van der Waals surface area (Å²) in [6.07, 6.45) is 1.61. The Morgan fingerprint density at radius 3 is 2.71 bits per heavy atom. The van der Waals surface area contributed by atoms with Gasteiger partial charge >= 0.3 is 0 Å². The normalized spacial score (nSPS) is 10.8. The second-order valence-corrected chi connectivity index (χ2v) is 4.35. The lowest BCUT2D eigenvalue weighted by Gasteiger charge is -2.07. The number of carbonyl (C=O) groups is 1. The van der Waals surface area contributed by atoms with E-state index in [2.05, 4.69) is 15.5 Å². The molecule has 0 radical (unpaired) electrons. The van der Waals surface area contributed by atoms with Crippen molar-refractivity contribution in [3.05, 3.63) is 59.5 Å². The smallest absolute Gasteiger partial charge is 0.258 e. The summed E-state index contributed by atoms with van der Waals surface area (Å²) in [5.74, 6) is -5.41. The molecule has 2 aromatic carbocycles. The summed E-state index contributed by atoms with van der Waals surface area (Å²) in [5.41, 5.74) is 0.484. The maximum Gasteiger partial charge on any atom is 0.258 e.